The van der Waals surface area contributed by atoms with Crippen molar-refractivity contribution >= 4 is 62.5 Å². The lowest BCUT2D eigenvalue weighted by Crippen LogP contribution is -2.42. The first-order chi connectivity index (χ1) is 17.2. The molecule has 2 heterocycles. The third-order valence-corrected chi connectivity index (χ3v) is 6.78. The van der Waals surface area contributed by atoms with E-state index in [0.29, 0.717) is 22.3 Å². The second kappa shape index (κ2) is 12.5. The molecule has 9 nitrogen and oxygen atoms in total. The Kier molecular flexibility index (Phi) is 9.49. The molecule has 0 unspecified atom stereocenters. The number of nitrogens with zero attached hydrogens (tertiary/aromatic N) is 2. The van der Waals surface area contributed by atoms with Crippen molar-refractivity contribution in [2.45, 2.75) is 39.3 Å². The van der Waals surface area contributed by atoms with Gasteiger partial charge in [0.15, 0.2) is 0 Å². The molecule has 3 rings (SSSR count). The topological polar surface area (TPSA) is 124 Å². The van der Waals surface area contributed by atoms with Crippen LogP contribution in [0, 0.1) is 0 Å². The Bertz CT molecular complexity index is 1250. The Morgan fingerprint density at radius 1 is 1.14 bits per heavy atom. The monoisotopic (exact) mass is 532 g/mol. The molecule has 3 N–H and O–H groups in total. The van der Waals surface area contributed by atoms with Crippen LogP contribution in [0.1, 0.15) is 41.9 Å². The number of nitrogens with one attached hydrogen (secondary N) is 1. The van der Waals surface area contributed by atoms with Crippen molar-refractivity contribution in [2.75, 3.05) is 30.9 Å². The molecule has 2 aromatic heterocycles. The van der Waals surface area contributed by atoms with Gasteiger partial charge in [-0.15, -0.1) is 11.3 Å². The maximum absolute atomic E-state index is 12.9. The van der Waals surface area contributed by atoms with Gasteiger partial charge in [-0.3, -0.25) is 9.59 Å². The standard InChI is InChI=1S/C25H29ClN4O5S/c1-4-34-23(31)11-8-19(25(33)35-5-2)29-24(32)20-9-10-22(36-20)30(3)14-15-6-7-18-16(12-15)17(26)13-21(27)28-18/h6-7,9-10,12-13,19H,4-5,8,11,14H2,1-3H3,(H2,27,28)(H,29,32)/t19-/m0/s1. The molecule has 0 saturated carbocycles. The highest BCUT2D eigenvalue weighted by molar-refractivity contribution is 7.18. The average Bonchev–Trinajstić information content (AvgIpc) is 3.33. The van der Waals surface area contributed by atoms with E-state index < -0.39 is 23.9 Å². The van der Waals surface area contributed by atoms with E-state index in [2.05, 4.69) is 10.3 Å². The zero-order valence-corrected chi connectivity index (χ0v) is 21.9. The fraction of sp³-hybridized carbons (Fsp3) is 0.360. The van der Waals surface area contributed by atoms with Gasteiger partial charge in [0, 0.05) is 25.4 Å². The first kappa shape index (κ1) is 27.2. The minimum Gasteiger partial charge on any atom is -0.466 e. The van der Waals surface area contributed by atoms with Crippen molar-refractivity contribution in [3.8, 4) is 0 Å². The minimum atomic E-state index is -0.949. The van der Waals surface area contributed by atoms with Crippen molar-refractivity contribution in [2.24, 2.45) is 0 Å². The number of nitrogen functional groups attached to an aromatic ring is 1. The van der Waals surface area contributed by atoms with E-state index in [-0.39, 0.29) is 26.1 Å². The minimum absolute atomic E-state index is 0.00604. The zero-order chi connectivity index (χ0) is 26.2. The summed E-state index contributed by atoms with van der Waals surface area (Å²) in [5, 5.41) is 4.90. The van der Waals surface area contributed by atoms with Crippen LogP contribution in [0.15, 0.2) is 36.4 Å². The van der Waals surface area contributed by atoms with E-state index in [0.717, 1.165) is 21.5 Å². The molecule has 0 bridgehead atoms. The van der Waals surface area contributed by atoms with Crippen LogP contribution in [0.4, 0.5) is 10.8 Å². The van der Waals surface area contributed by atoms with Crippen molar-refractivity contribution < 1.29 is 23.9 Å². The number of rotatable bonds is 11. The normalized spacial score (nSPS) is 11.7. The molecule has 1 amide bonds. The van der Waals surface area contributed by atoms with E-state index in [4.69, 9.17) is 26.8 Å². The number of ether oxygens (including phenoxy) is 2. The number of carbonyl (C=O) groups excluding carboxylic acids is 3. The van der Waals surface area contributed by atoms with Gasteiger partial charge in [0.25, 0.3) is 5.91 Å². The molecule has 11 heteroatoms. The number of hydrogen-bond donors (Lipinski definition) is 2. The van der Waals surface area contributed by atoms with Crippen molar-refractivity contribution in [1.29, 1.82) is 0 Å². The number of anilines is 2. The molecule has 3 aromatic rings. The maximum atomic E-state index is 12.9. The first-order valence-corrected chi connectivity index (χ1v) is 12.7. The molecule has 1 atom stereocenters. The number of thiophene rings is 1. The van der Waals surface area contributed by atoms with Gasteiger partial charge in [-0.25, -0.2) is 9.78 Å². The summed E-state index contributed by atoms with van der Waals surface area (Å²) < 4.78 is 9.97. The molecule has 0 aliphatic heterocycles. The smallest absolute Gasteiger partial charge is 0.328 e. The Balaban J connectivity index is 1.67. The van der Waals surface area contributed by atoms with Gasteiger partial charge < -0.3 is 25.4 Å². The van der Waals surface area contributed by atoms with E-state index >= 15 is 0 Å². The molecule has 192 valence electrons. The second-order valence-electron chi connectivity index (χ2n) is 8.00. The third kappa shape index (κ3) is 7.08. The Morgan fingerprint density at radius 2 is 1.89 bits per heavy atom. The number of amides is 1. The molecule has 0 saturated heterocycles. The van der Waals surface area contributed by atoms with Crippen molar-refractivity contribution in [3.05, 3.63) is 51.9 Å². The zero-order valence-electron chi connectivity index (χ0n) is 20.4. The Morgan fingerprint density at radius 3 is 2.61 bits per heavy atom. The number of esters is 2. The second-order valence-corrected chi connectivity index (χ2v) is 9.47. The SMILES string of the molecule is CCOC(=O)CC[C@H](NC(=O)c1ccc(N(C)Cc2ccc3nc(N)cc(Cl)c3c2)s1)C(=O)OCC. The molecule has 0 aliphatic rings. The van der Waals surface area contributed by atoms with Gasteiger partial charge in [-0.05, 0) is 56.2 Å². The van der Waals surface area contributed by atoms with Crippen LogP contribution in [-0.2, 0) is 25.6 Å². The van der Waals surface area contributed by atoms with E-state index in [9.17, 15) is 14.4 Å². The summed E-state index contributed by atoms with van der Waals surface area (Å²) in [7, 11) is 1.92. The maximum Gasteiger partial charge on any atom is 0.328 e. The molecule has 1 aromatic carbocycles. The fourth-order valence-electron chi connectivity index (χ4n) is 3.57. The van der Waals surface area contributed by atoms with Gasteiger partial charge in [0.2, 0.25) is 0 Å². The van der Waals surface area contributed by atoms with Crippen LogP contribution in [0.25, 0.3) is 10.9 Å². The predicted molar refractivity (Wildman–Crippen MR) is 141 cm³/mol. The largest absolute Gasteiger partial charge is 0.466 e. The highest BCUT2D eigenvalue weighted by atomic mass is 35.5. The van der Waals surface area contributed by atoms with Gasteiger partial charge in [0.1, 0.15) is 11.9 Å². The fourth-order valence-corrected chi connectivity index (χ4v) is 4.71. The number of halogens is 1. The van der Waals surface area contributed by atoms with Crippen LogP contribution < -0.4 is 16.0 Å². The van der Waals surface area contributed by atoms with E-state index in [1.165, 1.54) is 11.3 Å². The number of pyridine rings is 1. The van der Waals surface area contributed by atoms with E-state index in [1.54, 1.807) is 26.0 Å². The number of hydrogen-bond acceptors (Lipinski definition) is 9. The van der Waals surface area contributed by atoms with Crippen LogP contribution in [0.2, 0.25) is 5.02 Å². The van der Waals surface area contributed by atoms with E-state index in [1.807, 2.05) is 36.2 Å². The van der Waals surface area contributed by atoms with Gasteiger partial charge in [-0.1, -0.05) is 17.7 Å². The lowest BCUT2D eigenvalue weighted by atomic mass is 10.1. The Hall–Kier alpha value is -3.37. The average molecular weight is 533 g/mol. The van der Waals surface area contributed by atoms with Gasteiger partial charge in [0.05, 0.1) is 33.6 Å². The lowest BCUT2D eigenvalue weighted by Gasteiger charge is -2.18. The van der Waals surface area contributed by atoms with Crippen LogP contribution in [-0.4, -0.2) is 49.1 Å². The molecule has 0 radical (unpaired) electrons. The Labute approximate surface area is 218 Å². The lowest BCUT2D eigenvalue weighted by molar-refractivity contribution is -0.146. The number of fused-ring (bicyclic) bond motifs is 1. The first-order valence-electron chi connectivity index (χ1n) is 11.5. The summed E-state index contributed by atoms with van der Waals surface area (Å²) >= 11 is 7.62. The molecular weight excluding hydrogens is 504 g/mol. The number of carbonyl (C=O) groups is 3. The number of benzene rings is 1. The highest BCUT2D eigenvalue weighted by Gasteiger charge is 2.25. The summed E-state index contributed by atoms with van der Waals surface area (Å²) in [4.78, 5) is 43.6. The molecule has 0 aliphatic carbocycles. The molecule has 0 fully saturated rings. The molecular formula is C25H29ClN4O5S. The van der Waals surface area contributed by atoms with Crippen LogP contribution in [0.3, 0.4) is 0 Å². The van der Waals surface area contributed by atoms with Crippen LogP contribution >= 0.6 is 22.9 Å². The summed E-state index contributed by atoms with van der Waals surface area (Å²) in [6.07, 6.45) is 0.0838. The predicted octanol–water partition coefficient (Wildman–Crippen LogP) is 4.17. The molecule has 0 spiro atoms. The number of nitrogens with two attached hydrogens (primary N) is 1. The molecule has 36 heavy (non-hydrogen) atoms. The van der Waals surface area contributed by atoms with Crippen molar-refractivity contribution in [3.63, 3.8) is 0 Å². The van der Waals surface area contributed by atoms with Crippen molar-refractivity contribution in [1.82, 2.24) is 10.3 Å². The highest BCUT2D eigenvalue weighted by Crippen LogP contribution is 2.29. The quantitative estimate of drug-likeness (QED) is 0.352. The summed E-state index contributed by atoms with van der Waals surface area (Å²) in [6.45, 7) is 4.37. The summed E-state index contributed by atoms with van der Waals surface area (Å²) in [5.41, 5.74) is 7.50. The van der Waals surface area contributed by atoms with Gasteiger partial charge in [-0.2, -0.15) is 0 Å². The summed E-state index contributed by atoms with van der Waals surface area (Å²) in [5.74, 6) is -1.07. The van der Waals surface area contributed by atoms with Gasteiger partial charge >= 0.3 is 11.9 Å². The summed E-state index contributed by atoms with van der Waals surface area (Å²) in [6, 6.07) is 10.0. The van der Waals surface area contributed by atoms with Crippen LogP contribution in [0.5, 0.6) is 0 Å². The number of aromatic nitrogens is 1. The third-order valence-electron chi connectivity index (χ3n) is 5.27.